The van der Waals surface area contributed by atoms with Crippen molar-refractivity contribution >= 4 is 11.8 Å². The van der Waals surface area contributed by atoms with E-state index in [1.54, 1.807) is 0 Å². The minimum atomic E-state index is -0.667. The second-order valence-corrected chi connectivity index (χ2v) is 5.73. The number of hydrogen-bond donors (Lipinski definition) is 1. The fourth-order valence-electron chi connectivity index (χ4n) is 1.90. The van der Waals surface area contributed by atoms with Gasteiger partial charge in [0, 0.05) is 23.1 Å². The molecule has 0 bridgehead atoms. The Morgan fingerprint density at radius 3 is 2.60 bits per heavy atom. The Morgan fingerprint density at radius 2 is 1.90 bits per heavy atom. The van der Waals surface area contributed by atoms with Crippen molar-refractivity contribution in [2.75, 3.05) is 5.75 Å². The number of halogens is 2. The number of aliphatic hydroxyl groups is 1. The van der Waals surface area contributed by atoms with Gasteiger partial charge in [0.2, 0.25) is 0 Å². The van der Waals surface area contributed by atoms with E-state index >= 15 is 0 Å². The van der Waals surface area contributed by atoms with Gasteiger partial charge in [0.05, 0.1) is 6.10 Å². The van der Waals surface area contributed by atoms with E-state index in [2.05, 4.69) is 0 Å². The summed E-state index contributed by atoms with van der Waals surface area (Å²) in [5.74, 6) is -0.734. The second kappa shape index (κ2) is 6.86. The van der Waals surface area contributed by atoms with E-state index in [0.717, 1.165) is 16.5 Å². The molecular formula is C16H16F2OS. The van der Waals surface area contributed by atoms with Crippen LogP contribution in [0.2, 0.25) is 0 Å². The molecule has 2 rings (SSSR count). The molecule has 0 fully saturated rings. The van der Waals surface area contributed by atoms with Gasteiger partial charge < -0.3 is 5.11 Å². The van der Waals surface area contributed by atoms with Crippen LogP contribution in [-0.2, 0) is 6.42 Å². The number of benzene rings is 2. The molecule has 1 nitrogen and oxygen atoms in total. The molecular weight excluding hydrogens is 278 g/mol. The maximum Gasteiger partial charge on any atom is 0.129 e. The van der Waals surface area contributed by atoms with Crippen molar-refractivity contribution in [2.24, 2.45) is 0 Å². The highest BCUT2D eigenvalue weighted by molar-refractivity contribution is 7.99. The van der Waals surface area contributed by atoms with Crippen molar-refractivity contribution in [1.82, 2.24) is 0 Å². The zero-order valence-corrected chi connectivity index (χ0v) is 12.0. The van der Waals surface area contributed by atoms with E-state index in [4.69, 9.17) is 0 Å². The Kier molecular flexibility index (Phi) is 5.15. The van der Waals surface area contributed by atoms with E-state index in [9.17, 15) is 13.9 Å². The maximum atomic E-state index is 13.5. The van der Waals surface area contributed by atoms with Gasteiger partial charge in [0.15, 0.2) is 0 Å². The molecule has 0 amide bonds. The average Bonchev–Trinajstić information content (AvgIpc) is 2.41. The predicted octanol–water partition coefficient (Wildman–Crippen LogP) is 3.97. The SMILES string of the molecule is Cc1ccccc1SCC(O)Cc1ccc(F)cc1F. The molecule has 1 unspecified atom stereocenters. The lowest BCUT2D eigenvalue weighted by atomic mass is 10.1. The third-order valence-corrected chi connectivity index (χ3v) is 4.32. The molecule has 2 aromatic rings. The van der Waals surface area contributed by atoms with Crippen LogP contribution in [0.4, 0.5) is 8.78 Å². The van der Waals surface area contributed by atoms with Crippen LogP contribution >= 0.6 is 11.8 Å². The molecule has 0 aromatic heterocycles. The van der Waals surface area contributed by atoms with Gasteiger partial charge >= 0.3 is 0 Å². The van der Waals surface area contributed by atoms with Gasteiger partial charge in [-0.25, -0.2) is 8.78 Å². The molecule has 0 aliphatic carbocycles. The van der Waals surface area contributed by atoms with E-state index in [1.165, 1.54) is 23.9 Å². The highest BCUT2D eigenvalue weighted by Crippen LogP contribution is 2.23. The number of rotatable bonds is 5. The topological polar surface area (TPSA) is 20.2 Å². The van der Waals surface area contributed by atoms with Crippen LogP contribution in [0, 0.1) is 18.6 Å². The average molecular weight is 294 g/mol. The first-order chi connectivity index (χ1) is 9.56. The van der Waals surface area contributed by atoms with Crippen molar-refractivity contribution in [1.29, 1.82) is 0 Å². The van der Waals surface area contributed by atoms with Crippen LogP contribution in [0.25, 0.3) is 0 Å². The number of aliphatic hydroxyl groups excluding tert-OH is 1. The molecule has 106 valence electrons. The normalized spacial score (nSPS) is 12.4. The first-order valence-electron chi connectivity index (χ1n) is 6.36. The lowest BCUT2D eigenvalue weighted by Crippen LogP contribution is -2.14. The van der Waals surface area contributed by atoms with Crippen LogP contribution in [0.15, 0.2) is 47.4 Å². The Labute approximate surface area is 121 Å². The predicted molar refractivity (Wildman–Crippen MR) is 78.0 cm³/mol. The number of hydrogen-bond acceptors (Lipinski definition) is 2. The van der Waals surface area contributed by atoms with Crippen molar-refractivity contribution in [3.05, 3.63) is 65.2 Å². The molecule has 1 atom stereocenters. The fourth-order valence-corrected chi connectivity index (χ4v) is 2.86. The molecule has 20 heavy (non-hydrogen) atoms. The third kappa shape index (κ3) is 4.05. The van der Waals surface area contributed by atoms with Crippen molar-refractivity contribution < 1.29 is 13.9 Å². The summed E-state index contributed by atoms with van der Waals surface area (Å²) in [5.41, 5.74) is 1.49. The standard InChI is InChI=1S/C16H16F2OS/c1-11-4-2-3-5-16(11)20-10-14(19)8-12-6-7-13(17)9-15(12)18/h2-7,9,14,19H,8,10H2,1H3. The van der Waals surface area contributed by atoms with Crippen molar-refractivity contribution in [3.8, 4) is 0 Å². The fraction of sp³-hybridized carbons (Fsp3) is 0.250. The summed E-state index contributed by atoms with van der Waals surface area (Å²) >= 11 is 1.54. The Morgan fingerprint density at radius 1 is 1.15 bits per heavy atom. The van der Waals surface area contributed by atoms with Gasteiger partial charge in [0.1, 0.15) is 11.6 Å². The monoisotopic (exact) mass is 294 g/mol. The lowest BCUT2D eigenvalue weighted by molar-refractivity contribution is 0.198. The molecule has 0 saturated carbocycles. The van der Waals surface area contributed by atoms with Crippen LogP contribution in [0.3, 0.4) is 0 Å². The molecule has 0 radical (unpaired) electrons. The van der Waals surface area contributed by atoms with Crippen LogP contribution in [-0.4, -0.2) is 17.0 Å². The van der Waals surface area contributed by atoms with E-state index in [1.807, 2.05) is 31.2 Å². The second-order valence-electron chi connectivity index (χ2n) is 4.67. The quantitative estimate of drug-likeness (QED) is 0.842. The zero-order chi connectivity index (χ0) is 14.5. The Hall–Kier alpha value is -1.39. The van der Waals surface area contributed by atoms with Gasteiger partial charge in [-0.15, -0.1) is 11.8 Å². The summed E-state index contributed by atoms with van der Waals surface area (Å²) in [7, 11) is 0. The van der Waals surface area contributed by atoms with Crippen LogP contribution in [0.1, 0.15) is 11.1 Å². The number of aryl methyl sites for hydroxylation is 1. The molecule has 0 heterocycles. The summed E-state index contributed by atoms with van der Waals surface area (Å²) in [6.07, 6.45) is -0.482. The van der Waals surface area contributed by atoms with Gasteiger partial charge in [-0.2, -0.15) is 0 Å². The van der Waals surface area contributed by atoms with Gasteiger partial charge in [0.25, 0.3) is 0 Å². The Balaban J connectivity index is 1.92. The van der Waals surface area contributed by atoms with E-state index in [-0.39, 0.29) is 6.42 Å². The summed E-state index contributed by atoms with van der Waals surface area (Å²) in [6, 6.07) is 11.3. The lowest BCUT2D eigenvalue weighted by Gasteiger charge is -2.12. The minimum Gasteiger partial charge on any atom is -0.392 e. The van der Waals surface area contributed by atoms with Crippen molar-refractivity contribution in [2.45, 2.75) is 24.3 Å². The highest BCUT2D eigenvalue weighted by atomic mass is 32.2. The molecule has 0 aliphatic heterocycles. The summed E-state index contributed by atoms with van der Waals surface area (Å²) in [4.78, 5) is 1.10. The van der Waals surface area contributed by atoms with E-state index in [0.29, 0.717) is 11.3 Å². The first-order valence-corrected chi connectivity index (χ1v) is 7.35. The molecule has 1 N–H and O–H groups in total. The summed E-state index contributed by atoms with van der Waals surface area (Å²) in [6.45, 7) is 2.01. The molecule has 4 heteroatoms. The minimum absolute atomic E-state index is 0.186. The summed E-state index contributed by atoms with van der Waals surface area (Å²) < 4.78 is 26.3. The number of thioether (sulfide) groups is 1. The molecule has 0 spiro atoms. The zero-order valence-electron chi connectivity index (χ0n) is 11.1. The van der Waals surface area contributed by atoms with Gasteiger partial charge in [-0.05, 0) is 30.2 Å². The third-order valence-electron chi connectivity index (χ3n) is 3.00. The molecule has 2 aromatic carbocycles. The van der Waals surface area contributed by atoms with Crippen LogP contribution < -0.4 is 0 Å². The summed E-state index contributed by atoms with van der Waals surface area (Å²) in [5, 5.41) is 9.97. The van der Waals surface area contributed by atoms with Crippen molar-refractivity contribution in [3.63, 3.8) is 0 Å². The first kappa shape index (κ1) is 15.0. The van der Waals surface area contributed by atoms with E-state index < -0.39 is 17.7 Å². The largest absolute Gasteiger partial charge is 0.392 e. The van der Waals surface area contributed by atoms with Gasteiger partial charge in [-0.3, -0.25) is 0 Å². The molecule has 0 saturated heterocycles. The van der Waals surface area contributed by atoms with Gasteiger partial charge in [-0.1, -0.05) is 24.3 Å². The molecule has 0 aliphatic rings. The smallest absolute Gasteiger partial charge is 0.129 e. The van der Waals surface area contributed by atoms with Crippen LogP contribution in [0.5, 0.6) is 0 Å². The Bertz CT molecular complexity index is 586. The highest BCUT2D eigenvalue weighted by Gasteiger charge is 2.11. The maximum absolute atomic E-state index is 13.5.